The molecule has 0 unspecified atom stereocenters. The number of hydrogen-bond donors (Lipinski definition) is 1. The molecule has 2 heterocycles. The van der Waals surface area contributed by atoms with Crippen molar-refractivity contribution in [2.24, 2.45) is 5.92 Å². The Balaban J connectivity index is 1.47. The summed E-state index contributed by atoms with van der Waals surface area (Å²) in [5, 5.41) is 0. The lowest BCUT2D eigenvalue weighted by Crippen LogP contribution is -2.38. The van der Waals surface area contributed by atoms with Gasteiger partial charge in [0.05, 0.1) is 17.7 Å². The molecule has 0 bridgehead atoms. The number of likely N-dealkylation sites (tertiary alicyclic amines) is 1. The molecule has 1 N–H and O–H groups in total. The number of benzene rings is 1. The molecule has 5 nitrogen and oxygen atoms in total. The number of furan rings is 1. The third kappa shape index (κ3) is 4.93. The number of aryl methyl sites for hydroxylation is 1. The minimum Gasteiger partial charge on any atom is -0.468 e. The summed E-state index contributed by atoms with van der Waals surface area (Å²) in [5.41, 5.74) is 1.14. The zero-order valence-corrected chi connectivity index (χ0v) is 15.5. The molecule has 1 aliphatic rings. The van der Waals surface area contributed by atoms with Gasteiger partial charge in [-0.1, -0.05) is 19.1 Å². The van der Waals surface area contributed by atoms with Gasteiger partial charge < -0.3 is 4.42 Å². The van der Waals surface area contributed by atoms with Crippen LogP contribution < -0.4 is 4.72 Å². The smallest absolute Gasteiger partial charge is 0.240 e. The highest BCUT2D eigenvalue weighted by molar-refractivity contribution is 7.89. The Bertz CT molecular complexity index is 746. The molecule has 6 heteroatoms. The second-order valence-corrected chi connectivity index (χ2v) is 8.42. The average molecular weight is 362 g/mol. The summed E-state index contributed by atoms with van der Waals surface area (Å²) in [7, 11) is -3.42. The summed E-state index contributed by atoms with van der Waals surface area (Å²) in [6.45, 7) is 5.33. The fourth-order valence-corrected chi connectivity index (χ4v) is 4.30. The van der Waals surface area contributed by atoms with E-state index in [1.54, 1.807) is 18.4 Å². The van der Waals surface area contributed by atoms with Crippen LogP contribution >= 0.6 is 0 Å². The van der Waals surface area contributed by atoms with Crippen LogP contribution in [0.15, 0.2) is 52.0 Å². The van der Waals surface area contributed by atoms with Gasteiger partial charge in [0.2, 0.25) is 10.0 Å². The molecule has 25 heavy (non-hydrogen) atoms. The first kappa shape index (κ1) is 18.2. The lowest BCUT2D eigenvalue weighted by Gasteiger charge is -2.31. The zero-order chi connectivity index (χ0) is 17.7. The quantitative estimate of drug-likeness (QED) is 0.822. The van der Waals surface area contributed by atoms with E-state index in [2.05, 4.69) is 16.5 Å². The maximum Gasteiger partial charge on any atom is 0.240 e. The number of rotatable bonds is 7. The standard InChI is InChI=1S/C19H26N2O3S/c1-2-16-5-7-19(8-6-16)25(22,23)20-14-17-9-11-21(12-10-17)15-18-4-3-13-24-18/h3-8,13,17,20H,2,9-12,14-15H2,1H3. The molecule has 1 aromatic carbocycles. The van der Waals surface area contributed by atoms with Gasteiger partial charge in [0.15, 0.2) is 0 Å². The van der Waals surface area contributed by atoms with E-state index in [4.69, 9.17) is 4.42 Å². The van der Waals surface area contributed by atoms with Crippen LogP contribution in [-0.2, 0) is 23.0 Å². The summed E-state index contributed by atoms with van der Waals surface area (Å²) in [6.07, 6.45) is 4.60. The van der Waals surface area contributed by atoms with Crippen molar-refractivity contribution in [3.05, 3.63) is 54.0 Å². The minimum absolute atomic E-state index is 0.347. The fraction of sp³-hybridized carbons (Fsp3) is 0.474. The van der Waals surface area contributed by atoms with Gasteiger partial charge in [-0.2, -0.15) is 0 Å². The van der Waals surface area contributed by atoms with Gasteiger partial charge in [0, 0.05) is 6.54 Å². The molecule has 2 aromatic rings. The third-order valence-electron chi connectivity index (χ3n) is 4.87. The van der Waals surface area contributed by atoms with Crippen molar-refractivity contribution in [2.45, 2.75) is 37.6 Å². The highest BCUT2D eigenvalue weighted by Gasteiger charge is 2.22. The molecule has 0 saturated carbocycles. The Morgan fingerprint density at radius 1 is 1.16 bits per heavy atom. The number of piperidine rings is 1. The van der Waals surface area contributed by atoms with Crippen molar-refractivity contribution < 1.29 is 12.8 Å². The highest BCUT2D eigenvalue weighted by atomic mass is 32.2. The van der Waals surface area contributed by atoms with Crippen molar-refractivity contribution in [1.82, 2.24) is 9.62 Å². The topological polar surface area (TPSA) is 62.6 Å². The van der Waals surface area contributed by atoms with E-state index in [-0.39, 0.29) is 0 Å². The first-order chi connectivity index (χ1) is 12.1. The zero-order valence-electron chi connectivity index (χ0n) is 14.6. The molecule has 1 saturated heterocycles. The van der Waals surface area contributed by atoms with Gasteiger partial charge in [-0.15, -0.1) is 0 Å². The first-order valence-corrected chi connectivity index (χ1v) is 10.4. The molecule has 136 valence electrons. The monoisotopic (exact) mass is 362 g/mol. The molecular formula is C19H26N2O3S. The van der Waals surface area contributed by atoms with E-state index < -0.39 is 10.0 Å². The van der Waals surface area contributed by atoms with E-state index in [1.807, 2.05) is 24.3 Å². The summed E-state index contributed by atoms with van der Waals surface area (Å²) in [4.78, 5) is 2.70. The maximum absolute atomic E-state index is 12.4. The van der Waals surface area contributed by atoms with Crippen LogP contribution in [0.1, 0.15) is 31.1 Å². The molecule has 1 aliphatic heterocycles. The first-order valence-electron chi connectivity index (χ1n) is 8.90. The second-order valence-electron chi connectivity index (χ2n) is 6.65. The van der Waals surface area contributed by atoms with E-state index >= 15 is 0 Å². The fourth-order valence-electron chi connectivity index (χ4n) is 3.19. The van der Waals surface area contributed by atoms with Crippen molar-refractivity contribution in [3.63, 3.8) is 0 Å². The van der Waals surface area contributed by atoms with E-state index in [0.29, 0.717) is 17.4 Å². The van der Waals surface area contributed by atoms with Gasteiger partial charge in [-0.25, -0.2) is 13.1 Å². The normalized spacial score (nSPS) is 17.0. The molecule has 0 aliphatic carbocycles. The highest BCUT2D eigenvalue weighted by Crippen LogP contribution is 2.19. The van der Waals surface area contributed by atoms with Crippen molar-refractivity contribution in [2.75, 3.05) is 19.6 Å². The van der Waals surface area contributed by atoms with Crippen LogP contribution in [-0.4, -0.2) is 33.0 Å². The van der Waals surface area contributed by atoms with Crippen LogP contribution in [0.25, 0.3) is 0 Å². The van der Waals surface area contributed by atoms with Crippen LogP contribution in [0.3, 0.4) is 0 Å². The van der Waals surface area contributed by atoms with Gasteiger partial charge in [0.1, 0.15) is 5.76 Å². The van der Waals surface area contributed by atoms with Gasteiger partial charge in [0.25, 0.3) is 0 Å². The Morgan fingerprint density at radius 2 is 1.88 bits per heavy atom. The average Bonchev–Trinajstić information content (AvgIpc) is 3.14. The Hall–Kier alpha value is -1.63. The molecule has 0 atom stereocenters. The van der Waals surface area contributed by atoms with Crippen LogP contribution in [0.4, 0.5) is 0 Å². The third-order valence-corrected chi connectivity index (χ3v) is 6.31. The summed E-state index contributed by atoms with van der Waals surface area (Å²) in [5.74, 6) is 1.37. The number of nitrogens with zero attached hydrogens (tertiary/aromatic N) is 1. The van der Waals surface area contributed by atoms with E-state index in [0.717, 1.165) is 50.2 Å². The van der Waals surface area contributed by atoms with Crippen LogP contribution in [0.2, 0.25) is 0 Å². The lowest BCUT2D eigenvalue weighted by molar-refractivity contribution is 0.168. The molecule has 0 radical (unpaired) electrons. The minimum atomic E-state index is -3.42. The Kier molecular flexibility index (Phi) is 5.93. The van der Waals surface area contributed by atoms with Gasteiger partial charge >= 0.3 is 0 Å². The van der Waals surface area contributed by atoms with Crippen LogP contribution in [0, 0.1) is 5.92 Å². The predicted octanol–water partition coefficient (Wildman–Crippen LogP) is 3.03. The maximum atomic E-state index is 12.4. The molecule has 3 rings (SSSR count). The van der Waals surface area contributed by atoms with E-state index in [1.165, 1.54) is 0 Å². The van der Waals surface area contributed by atoms with Gasteiger partial charge in [-0.3, -0.25) is 4.90 Å². The van der Waals surface area contributed by atoms with Crippen molar-refractivity contribution in [1.29, 1.82) is 0 Å². The molecule has 1 aromatic heterocycles. The molecule has 0 amide bonds. The number of sulfonamides is 1. The number of hydrogen-bond acceptors (Lipinski definition) is 4. The second kappa shape index (κ2) is 8.17. The predicted molar refractivity (Wildman–Crippen MR) is 97.7 cm³/mol. The molecular weight excluding hydrogens is 336 g/mol. The summed E-state index contributed by atoms with van der Waals surface area (Å²) in [6, 6.07) is 11.0. The lowest BCUT2D eigenvalue weighted by atomic mass is 9.97. The SMILES string of the molecule is CCc1ccc(S(=O)(=O)NCC2CCN(Cc3ccco3)CC2)cc1. The largest absolute Gasteiger partial charge is 0.468 e. The van der Waals surface area contributed by atoms with Gasteiger partial charge in [-0.05, 0) is 68.1 Å². The van der Waals surface area contributed by atoms with E-state index in [9.17, 15) is 8.42 Å². The van der Waals surface area contributed by atoms with Crippen molar-refractivity contribution in [3.8, 4) is 0 Å². The Morgan fingerprint density at radius 3 is 2.48 bits per heavy atom. The summed E-state index contributed by atoms with van der Waals surface area (Å²) < 4.78 is 33.0. The van der Waals surface area contributed by atoms with Crippen LogP contribution in [0.5, 0.6) is 0 Å². The molecule has 0 spiro atoms. The van der Waals surface area contributed by atoms with Crippen molar-refractivity contribution >= 4 is 10.0 Å². The summed E-state index contributed by atoms with van der Waals surface area (Å²) >= 11 is 0. The Labute approximate surface area is 150 Å². The molecule has 1 fully saturated rings. The number of nitrogens with one attached hydrogen (secondary N) is 1.